The summed E-state index contributed by atoms with van der Waals surface area (Å²) in [4.78, 5) is 5.00. The standard InChI is InChI=1S/C10H17N3O5/c1-17-4-5-7(14)8(15)9(18-5)13-3-2-6(11)12-10(13)16/h2-3,5,7-10,14-16H,4H2,1H3,(H2,11,12). The zero-order valence-electron chi connectivity index (χ0n) is 9.88. The van der Waals surface area contributed by atoms with Crippen molar-refractivity contribution in [2.45, 2.75) is 30.9 Å². The number of aliphatic hydroxyl groups excluding tert-OH is 3. The molecule has 0 spiro atoms. The average Bonchev–Trinajstić information content (AvgIpc) is 2.58. The lowest BCUT2D eigenvalue weighted by atomic mass is 10.1. The van der Waals surface area contributed by atoms with Crippen LogP contribution < -0.4 is 5.73 Å². The van der Waals surface area contributed by atoms with Gasteiger partial charge in [0, 0.05) is 13.3 Å². The summed E-state index contributed by atoms with van der Waals surface area (Å²) in [6, 6.07) is 0. The molecule has 1 saturated heterocycles. The molecule has 2 aliphatic rings. The Morgan fingerprint density at radius 1 is 1.44 bits per heavy atom. The van der Waals surface area contributed by atoms with E-state index in [1.807, 2.05) is 0 Å². The number of aliphatic hydroxyl groups is 3. The number of aliphatic imine (C=N–C) groups is 1. The van der Waals surface area contributed by atoms with Crippen molar-refractivity contribution in [3.05, 3.63) is 12.3 Å². The summed E-state index contributed by atoms with van der Waals surface area (Å²) in [5, 5.41) is 29.4. The number of amidine groups is 1. The van der Waals surface area contributed by atoms with E-state index in [0.29, 0.717) is 0 Å². The molecule has 1 fully saturated rings. The summed E-state index contributed by atoms with van der Waals surface area (Å²) >= 11 is 0. The first-order valence-corrected chi connectivity index (χ1v) is 5.52. The van der Waals surface area contributed by atoms with E-state index in [2.05, 4.69) is 4.99 Å². The molecule has 0 saturated carbocycles. The normalized spacial score (nSPS) is 40.1. The van der Waals surface area contributed by atoms with Crippen molar-refractivity contribution < 1.29 is 24.8 Å². The molecule has 8 heteroatoms. The van der Waals surface area contributed by atoms with Gasteiger partial charge in [-0.05, 0) is 6.08 Å². The SMILES string of the molecule is COCC1OC(N2C=CC(N)=NC2O)C(O)C1O. The van der Waals surface area contributed by atoms with E-state index in [-0.39, 0.29) is 12.4 Å². The quantitative estimate of drug-likeness (QED) is 0.443. The van der Waals surface area contributed by atoms with Gasteiger partial charge < -0.3 is 35.4 Å². The molecular formula is C10H17N3O5. The first-order valence-electron chi connectivity index (χ1n) is 5.52. The molecule has 5 unspecified atom stereocenters. The number of rotatable bonds is 3. The van der Waals surface area contributed by atoms with Gasteiger partial charge in [0.1, 0.15) is 24.1 Å². The second-order valence-electron chi connectivity index (χ2n) is 4.16. The number of hydrogen-bond acceptors (Lipinski definition) is 8. The largest absolute Gasteiger partial charge is 0.387 e. The zero-order chi connectivity index (χ0) is 13.3. The fourth-order valence-corrected chi connectivity index (χ4v) is 1.98. The van der Waals surface area contributed by atoms with Gasteiger partial charge in [-0.25, -0.2) is 4.99 Å². The predicted molar refractivity (Wildman–Crippen MR) is 61.2 cm³/mol. The van der Waals surface area contributed by atoms with Gasteiger partial charge in [0.15, 0.2) is 6.23 Å². The molecule has 0 aromatic carbocycles. The predicted octanol–water partition coefficient (Wildman–Crippen LogP) is -2.46. The highest BCUT2D eigenvalue weighted by molar-refractivity contribution is 5.91. The maximum Gasteiger partial charge on any atom is 0.229 e. The summed E-state index contributed by atoms with van der Waals surface area (Å²) in [6.07, 6.45) is -2.12. The summed E-state index contributed by atoms with van der Waals surface area (Å²) < 4.78 is 10.3. The van der Waals surface area contributed by atoms with E-state index in [4.69, 9.17) is 15.2 Å². The van der Waals surface area contributed by atoms with Gasteiger partial charge >= 0.3 is 0 Å². The van der Waals surface area contributed by atoms with Crippen LogP contribution in [0.2, 0.25) is 0 Å². The van der Waals surface area contributed by atoms with Crippen LogP contribution in [0, 0.1) is 0 Å². The minimum atomic E-state index is -1.25. The van der Waals surface area contributed by atoms with E-state index >= 15 is 0 Å². The molecule has 5 N–H and O–H groups in total. The molecule has 0 aromatic heterocycles. The number of nitrogens with zero attached hydrogens (tertiary/aromatic N) is 2. The molecule has 2 aliphatic heterocycles. The summed E-state index contributed by atoms with van der Waals surface area (Å²) in [5.41, 5.74) is 5.43. The van der Waals surface area contributed by atoms with Crippen molar-refractivity contribution in [3.63, 3.8) is 0 Å². The Kier molecular flexibility index (Phi) is 3.83. The number of ether oxygens (including phenoxy) is 2. The van der Waals surface area contributed by atoms with E-state index in [1.54, 1.807) is 0 Å². The van der Waals surface area contributed by atoms with Crippen LogP contribution in [0.4, 0.5) is 0 Å². The second kappa shape index (κ2) is 5.21. The maximum atomic E-state index is 9.89. The van der Waals surface area contributed by atoms with Crippen molar-refractivity contribution in [1.29, 1.82) is 0 Å². The van der Waals surface area contributed by atoms with Gasteiger partial charge in [-0.15, -0.1) is 0 Å². The number of hydrogen-bond donors (Lipinski definition) is 4. The Morgan fingerprint density at radius 2 is 2.17 bits per heavy atom. The lowest BCUT2D eigenvalue weighted by Gasteiger charge is -2.32. The van der Waals surface area contributed by atoms with Crippen LogP contribution in [0.5, 0.6) is 0 Å². The molecule has 2 heterocycles. The van der Waals surface area contributed by atoms with E-state index < -0.39 is 30.9 Å². The van der Waals surface area contributed by atoms with Crippen LogP contribution in [-0.2, 0) is 9.47 Å². The average molecular weight is 259 g/mol. The third kappa shape index (κ3) is 2.33. The smallest absolute Gasteiger partial charge is 0.229 e. The minimum absolute atomic E-state index is 0.147. The highest BCUT2D eigenvalue weighted by Crippen LogP contribution is 2.26. The molecular weight excluding hydrogens is 242 g/mol. The molecule has 0 bridgehead atoms. The lowest BCUT2D eigenvalue weighted by molar-refractivity contribution is -0.131. The van der Waals surface area contributed by atoms with E-state index in [0.717, 1.165) is 0 Å². The molecule has 18 heavy (non-hydrogen) atoms. The molecule has 0 amide bonds. The molecule has 0 aliphatic carbocycles. The van der Waals surface area contributed by atoms with E-state index in [9.17, 15) is 15.3 Å². The topological polar surface area (TPSA) is 121 Å². The van der Waals surface area contributed by atoms with Gasteiger partial charge in [-0.1, -0.05) is 0 Å². The van der Waals surface area contributed by atoms with Crippen molar-refractivity contribution in [3.8, 4) is 0 Å². The van der Waals surface area contributed by atoms with Gasteiger partial charge in [0.2, 0.25) is 6.35 Å². The third-order valence-corrected chi connectivity index (χ3v) is 2.91. The fourth-order valence-electron chi connectivity index (χ4n) is 1.98. The van der Waals surface area contributed by atoms with Crippen LogP contribution in [-0.4, -0.2) is 70.7 Å². The molecule has 5 atom stereocenters. The van der Waals surface area contributed by atoms with Crippen molar-refractivity contribution >= 4 is 5.84 Å². The first-order chi connectivity index (χ1) is 8.54. The maximum absolute atomic E-state index is 9.89. The van der Waals surface area contributed by atoms with Gasteiger partial charge in [-0.2, -0.15) is 0 Å². The highest BCUT2D eigenvalue weighted by Gasteiger charge is 2.46. The first kappa shape index (κ1) is 13.2. The van der Waals surface area contributed by atoms with Crippen LogP contribution in [0.1, 0.15) is 0 Å². The summed E-state index contributed by atoms with van der Waals surface area (Å²) in [6.45, 7) is 0.147. The lowest BCUT2D eigenvalue weighted by Crippen LogP contribution is -2.47. The number of nitrogens with two attached hydrogens (primary N) is 1. The Morgan fingerprint density at radius 3 is 2.78 bits per heavy atom. The molecule has 2 rings (SSSR count). The van der Waals surface area contributed by atoms with Gasteiger partial charge in [-0.3, -0.25) is 0 Å². The summed E-state index contributed by atoms with van der Waals surface area (Å²) in [7, 11) is 1.47. The number of methoxy groups -OCH3 is 1. The molecule has 8 nitrogen and oxygen atoms in total. The Labute approximate surface area is 104 Å². The van der Waals surface area contributed by atoms with Crippen LogP contribution in [0.15, 0.2) is 17.3 Å². The minimum Gasteiger partial charge on any atom is -0.387 e. The molecule has 0 radical (unpaired) electrons. The van der Waals surface area contributed by atoms with Crippen LogP contribution >= 0.6 is 0 Å². The van der Waals surface area contributed by atoms with Crippen LogP contribution in [0.3, 0.4) is 0 Å². The Bertz CT molecular complexity index is 361. The second-order valence-corrected chi connectivity index (χ2v) is 4.16. The molecule has 102 valence electrons. The fraction of sp³-hybridized carbons (Fsp3) is 0.700. The van der Waals surface area contributed by atoms with Gasteiger partial charge in [0.05, 0.1) is 6.61 Å². The van der Waals surface area contributed by atoms with Crippen molar-refractivity contribution in [2.24, 2.45) is 10.7 Å². The monoisotopic (exact) mass is 259 g/mol. The zero-order valence-corrected chi connectivity index (χ0v) is 9.88. The van der Waals surface area contributed by atoms with Crippen molar-refractivity contribution in [1.82, 2.24) is 4.90 Å². The Hall–Kier alpha value is -1.19. The van der Waals surface area contributed by atoms with E-state index in [1.165, 1.54) is 24.3 Å². The summed E-state index contributed by atoms with van der Waals surface area (Å²) in [5.74, 6) is 0.181. The highest BCUT2D eigenvalue weighted by atomic mass is 16.6. The molecule has 0 aromatic rings. The van der Waals surface area contributed by atoms with Gasteiger partial charge in [0.25, 0.3) is 0 Å². The van der Waals surface area contributed by atoms with Crippen LogP contribution in [0.25, 0.3) is 0 Å². The third-order valence-electron chi connectivity index (χ3n) is 2.91. The Balaban J connectivity index is 2.08. The van der Waals surface area contributed by atoms with Crippen molar-refractivity contribution in [2.75, 3.05) is 13.7 Å².